The molecule has 3 aromatic rings. The van der Waals surface area contributed by atoms with Gasteiger partial charge in [0.05, 0.1) is 19.9 Å². The van der Waals surface area contributed by atoms with Crippen LogP contribution in [0, 0.1) is 5.92 Å². The molecule has 0 radical (unpaired) electrons. The van der Waals surface area contributed by atoms with Crippen molar-refractivity contribution < 1.29 is 14.3 Å². The summed E-state index contributed by atoms with van der Waals surface area (Å²) in [4.78, 5) is 12.4. The van der Waals surface area contributed by atoms with E-state index in [0.717, 1.165) is 42.9 Å². The van der Waals surface area contributed by atoms with E-state index in [4.69, 9.17) is 9.47 Å². The summed E-state index contributed by atoms with van der Waals surface area (Å²) in [5, 5.41) is 11.0. The van der Waals surface area contributed by atoms with E-state index in [2.05, 4.69) is 39.8 Å². The van der Waals surface area contributed by atoms with Crippen LogP contribution in [0.3, 0.4) is 0 Å². The van der Waals surface area contributed by atoms with Crippen LogP contribution >= 0.6 is 0 Å². The van der Waals surface area contributed by atoms with Crippen molar-refractivity contribution in [2.75, 3.05) is 20.8 Å². The molecule has 0 bridgehead atoms. The lowest BCUT2D eigenvalue weighted by Crippen LogP contribution is -2.22. The fourth-order valence-electron chi connectivity index (χ4n) is 4.50. The molecule has 176 valence electrons. The van der Waals surface area contributed by atoms with Crippen molar-refractivity contribution in [2.24, 2.45) is 5.92 Å². The highest BCUT2D eigenvalue weighted by Gasteiger charge is 2.55. The zero-order valence-corrected chi connectivity index (χ0v) is 19.7. The maximum atomic E-state index is 12.4. The smallest absolute Gasteiger partial charge is 0.243 e. The van der Waals surface area contributed by atoms with Gasteiger partial charge in [-0.25, -0.2) is 0 Å². The maximum Gasteiger partial charge on any atom is 0.243 e. The van der Waals surface area contributed by atoms with Crippen LogP contribution in [0.25, 0.3) is 0 Å². The zero-order valence-electron chi connectivity index (χ0n) is 19.7. The molecule has 0 unspecified atom stereocenters. The third-order valence-electron chi connectivity index (χ3n) is 6.49. The van der Waals surface area contributed by atoms with E-state index in [0.29, 0.717) is 6.54 Å². The van der Waals surface area contributed by atoms with Gasteiger partial charge in [-0.2, -0.15) is 10.2 Å². The van der Waals surface area contributed by atoms with E-state index in [-0.39, 0.29) is 17.2 Å². The Morgan fingerprint density at radius 3 is 2.21 bits per heavy atom. The second kappa shape index (κ2) is 11.0. The number of nitrogens with one attached hydrogen (secondary N) is 1. The number of hydrogen-bond acceptors (Lipinski definition) is 5. The molecule has 6 heteroatoms. The number of carbonyl (C=O) groups excluding carboxylic acids is 1. The van der Waals surface area contributed by atoms with Crippen molar-refractivity contribution in [1.82, 2.24) is 15.5 Å². The average molecular weight is 458 g/mol. The van der Waals surface area contributed by atoms with Crippen LogP contribution in [0.1, 0.15) is 36.1 Å². The van der Waals surface area contributed by atoms with Gasteiger partial charge in [-0.3, -0.25) is 4.79 Å². The first-order valence-electron chi connectivity index (χ1n) is 11.7. The summed E-state index contributed by atoms with van der Waals surface area (Å²) in [7, 11) is 3.34. The molecule has 1 aromatic heterocycles. The SMILES string of the molecule is COc1ccc(C2(c3ccc(OC)cc3)C[C@H]2/C=C/C(=O)NCCCCc2cccnn2)cc1. The molecular formula is C28H31N3O3. The first-order chi connectivity index (χ1) is 16.7. The number of benzene rings is 2. The molecule has 6 nitrogen and oxygen atoms in total. The normalized spacial score (nSPS) is 16.2. The molecule has 1 aliphatic carbocycles. The van der Waals surface area contributed by atoms with Gasteiger partial charge in [0.2, 0.25) is 5.91 Å². The number of carbonyl (C=O) groups is 1. The van der Waals surface area contributed by atoms with E-state index < -0.39 is 0 Å². The molecule has 1 atom stereocenters. The van der Waals surface area contributed by atoms with Crippen molar-refractivity contribution in [3.8, 4) is 11.5 Å². The van der Waals surface area contributed by atoms with Crippen molar-refractivity contribution >= 4 is 5.91 Å². The summed E-state index contributed by atoms with van der Waals surface area (Å²) in [5.41, 5.74) is 3.28. The molecular weight excluding hydrogens is 426 g/mol. The quantitative estimate of drug-likeness (QED) is 0.339. The molecule has 34 heavy (non-hydrogen) atoms. The molecule has 4 rings (SSSR count). The van der Waals surface area contributed by atoms with Crippen LogP contribution in [0.15, 0.2) is 79.0 Å². The molecule has 1 N–H and O–H groups in total. The van der Waals surface area contributed by atoms with E-state index in [1.807, 2.05) is 42.5 Å². The van der Waals surface area contributed by atoms with E-state index in [1.54, 1.807) is 26.5 Å². The summed E-state index contributed by atoms with van der Waals surface area (Å²) in [6.07, 6.45) is 9.09. The summed E-state index contributed by atoms with van der Waals surface area (Å²) >= 11 is 0. The number of aromatic nitrogens is 2. The second-order valence-corrected chi connectivity index (χ2v) is 8.56. The summed E-state index contributed by atoms with van der Waals surface area (Å²) in [6, 6.07) is 20.3. The van der Waals surface area contributed by atoms with Gasteiger partial charge < -0.3 is 14.8 Å². The monoisotopic (exact) mass is 457 g/mol. The lowest BCUT2D eigenvalue weighted by molar-refractivity contribution is -0.116. The molecule has 1 amide bonds. The lowest BCUT2D eigenvalue weighted by atomic mass is 9.85. The van der Waals surface area contributed by atoms with E-state index in [9.17, 15) is 4.79 Å². The minimum atomic E-state index is -0.147. The van der Waals surface area contributed by atoms with Crippen LogP contribution in [0.2, 0.25) is 0 Å². The van der Waals surface area contributed by atoms with Gasteiger partial charge in [-0.1, -0.05) is 30.3 Å². The van der Waals surface area contributed by atoms with Gasteiger partial charge in [-0.05, 0) is 85.2 Å². The zero-order chi connectivity index (χ0) is 23.8. The highest BCUT2D eigenvalue weighted by atomic mass is 16.5. The largest absolute Gasteiger partial charge is 0.497 e. The third-order valence-corrected chi connectivity index (χ3v) is 6.49. The van der Waals surface area contributed by atoms with Crippen LogP contribution in [0.5, 0.6) is 11.5 Å². The number of hydrogen-bond donors (Lipinski definition) is 1. The fraction of sp³-hybridized carbons (Fsp3) is 0.321. The van der Waals surface area contributed by atoms with Gasteiger partial charge in [0, 0.05) is 18.2 Å². The first-order valence-corrected chi connectivity index (χ1v) is 11.7. The van der Waals surface area contributed by atoms with Gasteiger partial charge >= 0.3 is 0 Å². The highest BCUT2D eigenvalue weighted by Crippen LogP contribution is 2.59. The number of methoxy groups -OCH3 is 2. The number of unbranched alkanes of at least 4 members (excludes halogenated alkanes) is 1. The first kappa shape index (κ1) is 23.5. The minimum Gasteiger partial charge on any atom is -0.497 e. The lowest BCUT2D eigenvalue weighted by Gasteiger charge is -2.19. The topological polar surface area (TPSA) is 73.3 Å². The Bertz CT molecular complexity index is 1050. The second-order valence-electron chi connectivity index (χ2n) is 8.56. The molecule has 1 aliphatic rings. The van der Waals surface area contributed by atoms with Gasteiger partial charge in [-0.15, -0.1) is 0 Å². The number of amides is 1. The van der Waals surface area contributed by atoms with Crippen molar-refractivity contribution in [3.63, 3.8) is 0 Å². The number of rotatable bonds is 11. The van der Waals surface area contributed by atoms with Gasteiger partial charge in [0.25, 0.3) is 0 Å². The Labute approximate surface area is 201 Å². The molecule has 1 saturated carbocycles. The number of nitrogens with zero attached hydrogens (tertiary/aromatic N) is 2. The Balaban J connectivity index is 1.36. The van der Waals surface area contributed by atoms with Crippen LogP contribution in [0.4, 0.5) is 0 Å². The number of ether oxygens (including phenoxy) is 2. The van der Waals surface area contributed by atoms with Crippen molar-refractivity contribution in [2.45, 2.75) is 31.1 Å². The van der Waals surface area contributed by atoms with Gasteiger partial charge in [0.1, 0.15) is 11.5 Å². The Hall–Kier alpha value is -3.67. The van der Waals surface area contributed by atoms with Crippen molar-refractivity contribution in [3.05, 3.63) is 95.8 Å². The standard InChI is InChI=1S/C28H31N3O3/c1-33-25-13-8-21(9-14-25)28(22-10-15-26(34-2)16-11-22)20-23(28)12-17-27(32)29-18-4-3-6-24-7-5-19-30-31-24/h5,7-17,19,23H,3-4,6,18,20H2,1-2H3,(H,29,32)/b17-12+/t23-/m1/s1. The number of aryl methyl sites for hydroxylation is 1. The Morgan fingerprint density at radius 2 is 1.65 bits per heavy atom. The Morgan fingerprint density at radius 1 is 1.00 bits per heavy atom. The van der Waals surface area contributed by atoms with Crippen molar-refractivity contribution in [1.29, 1.82) is 0 Å². The van der Waals surface area contributed by atoms with E-state index in [1.165, 1.54) is 11.1 Å². The van der Waals surface area contributed by atoms with E-state index >= 15 is 0 Å². The number of allylic oxidation sites excluding steroid dienone is 1. The molecule has 1 fully saturated rings. The summed E-state index contributed by atoms with van der Waals surface area (Å²) in [5.74, 6) is 1.86. The predicted molar refractivity (Wildman–Crippen MR) is 132 cm³/mol. The summed E-state index contributed by atoms with van der Waals surface area (Å²) < 4.78 is 10.7. The van der Waals surface area contributed by atoms with Crippen LogP contribution < -0.4 is 14.8 Å². The summed E-state index contributed by atoms with van der Waals surface area (Å²) in [6.45, 7) is 0.649. The van der Waals surface area contributed by atoms with Crippen LogP contribution in [-0.4, -0.2) is 36.9 Å². The molecule has 1 heterocycles. The molecule has 0 spiro atoms. The maximum absolute atomic E-state index is 12.4. The molecule has 0 saturated heterocycles. The fourth-order valence-corrected chi connectivity index (χ4v) is 4.50. The van der Waals surface area contributed by atoms with Crippen LogP contribution in [-0.2, 0) is 16.6 Å². The average Bonchev–Trinajstić information content (AvgIpc) is 3.63. The van der Waals surface area contributed by atoms with Gasteiger partial charge in [0.15, 0.2) is 0 Å². The molecule has 0 aliphatic heterocycles. The molecule has 2 aromatic carbocycles. The third kappa shape index (κ3) is 5.45. The minimum absolute atomic E-state index is 0.0511. The Kier molecular flexibility index (Phi) is 7.58. The highest BCUT2D eigenvalue weighted by molar-refractivity contribution is 5.87. The predicted octanol–water partition coefficient (Wildman–Crippen LogP) is 4.50.